The number of nitriles is 1. The van der Waals surface area contributed by atoms with Gasteiger partial charge in [0.1, 0.15) is 5.60 Å². The van der Waals surface area contributed by atoms with Crippen LogP contribution in [0.25, 0.3) is 0 Å². The molecule has 0 N–H and O–H groups in total. The maximum atomic E-state index is 12.7. The van der Waals surface area contributed by atoms with Crippen LogP contribution in [0.15, 0.2) is 24.3 Å². The molecule has 0 saturated heterocycles. The molecule has 0 unspecified atom stereocenters. The molecule has 1 heterocycles. The molecule has 108 valence electrons. The summed E-state index contributed by atoms with van der Waals surface area (Å²) in [7, 11) is 0. The largest absolute Gasteiger partial charge is 0.443 e. The normalized spacial score (nSPS) is 26.5. The van der Waals surface area contributed by atoms with Crippen molar-refractivity contribution in [1.29, 1.82) is 5.26 Å². The number of carbonyl (C=O) groups excluding carboxylic acids is 2. The number of rotatable bonds is 0. The number of amides is 2. The van der Waals surface area contributed by atoms with Crippen molar-refractivity contribution in [3.63, 3.8) is 0 Å². The highest BCUT2D eigenvalue weighted by molar-refractivity contribution is 6.22. The first-order valence-corrected chi connectivity index (χ1v) is 6.88. The quantitative estimate of drug-likeness (QED) is 0.734. The lowest BCUT2D eigenvalue weighted by atomic mass is 9.95. The SMILES string of the molecule is CC(C)(C)OC(=O)N1C(=O)[C@]2(C[C@H]2C#N)c2ccccc21. The van der Waals surface area contributed by atoms with Gasteiger partial charge >= 0.3 is 6.09 Å². The molecule has 3 rings (SSSR count). The maximum Gasteiger partial charge on any atom is 0.421 e. The van der Waals surface area contributed by atoms with Crippen molar-refractivity contribution in [1.82, 2.24) is 0 Å². The van der Waals surface area contributed by atoms with E-state index in [1.165, 1.54) is 0 Å². The fourth-order valence-corrected chi connectivity index (χ4v) is 2.91. The van der Waals surface area contributed by atoms with Crippen LogP contribution in [0.1, 0.15) is 32.8 Å². The lowest BCUT2D eigenvalue weighted by Crippen LogP contribution is -2.41. The van der Waals surface area contributed by atoms with Gasteiger partial charge in [-0.15, -0.1) is 0 Å². The van der Waals surface area contributed by atoms with Crippen molar-refractivity contribution in [2.24, 2.45) is 5.92 Å². The van der Waals surface area contributed by atoms with Crippen molar-refractivity contribution in [3.05, 3.63) is 29.8 Å². The molecule has 1 fully saturated rings. The summed E-state index contributed by atoms with van der Waals surface area (Å²) in [6.07, 6.45) is -0.209. The van der Waals surface area contributed by atoms with Gasteiger partial charge in [0.25, 0.3) is 0 Å². The van der Waals surface area contributed by atoms with Crippen LogP contribution < -0.4 is 4.90 Å². The highest BCUT2D eigenvalue weighted by atomic mass is 16.6. The number of carbonyl (C=O) groups is 2. The van der Waals surface area contributed by atoms with Gasteiger partial charge in [-0.05, 0) is 38.8 Å². The summed E-state index contributed by atoms with van der Waals surface area (Å²) in [5.74, 6) is -0.705. The van der Waals surface area contributed by atoms with Crippen molar-refractivity contribution in [2.75, 3.05) is 4.90 Å². The average Bonchev–Trinajstić information content (AvgIpc) is 3.07. The van der Waals surface area contributed by atoms with E-state index in [-0.39, 0.29) is 11.8 Å². The molecule has 5 heteroatoms. The van der Waals surface area contributed by atoms with Crippen LogP contribution in [0.3, 0.4) is 0 Å². The number of benzene rings is 1. The van der Waals surface area contributed by atoms with E-state index in [1.807, 2.05) is 12.1 Å². The van der Waals surface area contributed by atoms with Crippen molar-refractivity contribution >= 4 is 17.7 Å². The number of hydrogen-bond donors (Lipinski definition) is 0. The second kappa shape index (κ2) is 4.08. The first kappa shape index (κ1) is 13.6. The summed E-state index contributed by atoms with van der Waals surface area (Å²) in [5, 5.41) is 9.15. The Kier molecular flexibility index (Phi) is 2.64. The molecule has 2 atom stereocenters. The third-order valence-corrected chi connectivity index (χ3v) is 3.90. The number of hydrogen-bond acceptors (Lipinski definition) is 4. The van der Waals surface area contributed by atoms with Crippen molar-refractivity contribution in [3.8, 4) is 6.07 Å². The maximum absolute atomic E-state index is 12.7. The predicted molar refractivity (Wildman–Crippen MR) is 75.6 cm³/mol. The van der Waals surface area contributed by atoms with E-state index < -0.39 is 17.1 Å². The van der Waals surface area contributed by atoms with E-state index in [2.05, 4.69) is 6.07 Å². The standard InChI is InChI=1S/C16H16N2O3/c1-15(2,3)21-14(20)18-12-7-5-4-6-11(12)16(13(18)19)8-10(16)9-17/h4-7,10H,8H2,1-3H3/t10-,16-/m0/s1. The molecule has 5 nitrogen and oxygen atoms in total. The van der Waals surface area contributed by atoms with Crippen LogP contribution in [0, 0.1) is 17.2 Å². The minimum absolute atomic E-state index is 0.343. The van der Waals surface area contributed by atoms with Gasteiger partial charge in [0, 0.05) is 0 Å². The Bertz CT molecular complexity index is 683. The third-order valence-electron chi connectivity index (χ3n) is 3.90. The van der Waals surface area contributed by atoms with E-state index in [4.69, 9.17) is 10.00 Å². The molecular formula is C16H16N2O3. The van der Waals surface area contributed by atoms with Crippen LogP contribution in [0.2, 0.25) is 0 Å². The molecular weight excluding hydrogens is 268 g/mol. The molecule has 0 radical (unpaired) electrons. The van der Waals surface area contributed by atoms with Crippen molar-refractivity contribution < 1.29 is 14.3 Å². The molecule has 21 heavy (non-hydrogen) atoms. The second-order valence-electron chi connectivity index (χ2n) is 6.50. The molecule has 0 bridgehead atoms. The Labute approximate surface area is 123 Å². The predicted octanol–water partition coefficient (Wildman–Crippen LogP) is 2.75. The van der Waals surface area contributed by atoms with E-state index in [1.54, 1.807) is 32.9 Å². The van der Waals surface area contributed by atoms with Gasteiger partial charge in [-0.1, -0.05) is 18.2 Å². The summed E-state index contributed by atoms with van der Waals surface area (Å²) in [6.45, 7) is 5.26. The Morgan fingerprint density at radius 3 is 2.67 bits per heavy atom. The zero-order valence-corrected chi connectivity index (χ0v) is 12.2. The lowest BCUT2D eigenvalue weighted by Gasteiger charge is -2.24. The van der Waals surface area contributed by atoms with Gasteiger partial charge in [-0.3, -0.25) is 4.79 Å². The Hall–Kier alpha value is -2.35. The van der Waals surface area contributed by atoms with Gasteiger partial charge in [0.15, 0.2) is 0 Å². The molecule has 0 aromatic heterocycles. The number of imide groups is 1. The molecule has 1 aromatic carbocycles. The fraction of sp³-hybridized carbons (Fsp3) is 0.438. The second-order valence-corrected chi connectivity index (χ2v) is 6.50. The molecule has 1 saturated carbocycles. The smallest absolute Gasteiger partial charge is 0.421 e. The zero-order chi connectivity index (χ0) is 15.4. The average molecular weight is 284 g/mol. The zero-order valence-electron chi connectivity index (χ0n) is 12.2. The summed E-state index contributed by atoms with van der Waals surface area (Å²) in [5.41, 5.74) is -0.232. The minimum Gasteiger partial charge on any atom is -0.443 e. The first-order chi connectivity index (χ1) is 9.81. The molecule has 2 amide bonds. The number of ether oxygens (including phenoxy) is 1. The fourth-order valence-electron chi connectivity index (χ4n) is 2.91. The summed E-state index contributed by atoms with van der Waals surface area (Å²) in [6, 6.07) is 9.28. The van der Waals surface area contributed by atoms with Crippen LogP contribution >= 0.6 is 0 Å². The van der Waals surface area contributed by atoms with Gasteiger partial charge in [-0.25, -0.2) is 9.69 Å². The summed E-state index contributed by atoms with van der Waals surface area (Å²) in [4.78, 5) is 26.1. The van der Waals surface area contributed by atoms with E-state index in [0.29, 0.717) is 12.1 Å². The summed E-state index contributed by atoms with van der Waals surface area (Å²) >= 11 is 0. The van der Waals surface area contributed by atoms with Crippen LogP contribution in [-0.2, 0) is 14.9 Å². The van der Waals surface area contributed by atoms with E-state index >= 15 is 0 Å². The van der Waals surface area contributed by atoms with Gasteiger partial charge in [-0.2, -0.15) is 5.26 Å². The van der Waals surface area contributed by atoms with Crippen molar-refractivity contribution in [2.45, 2.75) is 38.2 Å². The lowest BCUT2D eigenvalue weighted by molar-refractivity contribution is -0.120. The van der Waals surface area contributed by atoms with E-state index in [9.17, 15) is 9.59 Å². The van der Waals surface area contributed by atoms with E-state index in [0.717, 1.165) is 10.5 Å². The van der Waals surface area contributed by atoms with Crippen LogP contribution in [-0.4, -0.2) is 17.6 Å². The Balaban J connectivity index is 2.03. The van der Waals surface area contributed by atoms with Gasteiger partial charge in [0.05, 0.1) is 23.1 Å². The first-order valence-electron chi connectivity index (χ1n) is 6.88. The number of anilines is 1. The molecule has 1 aromatic rings. The highest BCUT2D eigenvalue weighted by Crippen LogP contribution is 2.61. The van der Waals surface area contributed by atoms with Crippen LogP contribution in [0.5, 0.6) is 0 Å². The Morgan fingerprint density at radius 2 is 2.10 bits per heavy atom. The number of para-hydroxylation sites is 1. The minimum atomic E-state index is -0.845. The van der Waals surface area contributed by atoms with Crippen LogP contribution in [0.4, 0.5) is 10.5 Å². The molecule has 1 spiro atoms. The van der Waals surface area contributed by atoms with Gasteiger partial charge in [0.2, 0.25) is 5.91 Å². The summed E-state index contributed by atoms with van der Waals surface area (Å²) < 4.78 is 5.32. The number of nitrogens with zero attached hydrogens (tertiary/aromatic N) is 2. The van der Waals surface area contributed by atoms with Gasteiger partial charge < -0.3 is 4.74 Å². The molecule has 1 aliphatic carbocycles. The number of fused-ring (bicyclic) bond motifs is 2. The molecule has 1 aliphatic heterocycles. The highest BCUT2D eigenvalue weighted by Gasteiger charge is 2.68. The Morgan fingerprint density at radius 1 is 1.43 bits per heavy atom. The third kappa shape index (κ3) is 1.83. The monoisotopic (exact) mass is 284 g/mol. The molecule has 2 aliphatic rings. The topological polar surface area (TPSA) is 70.4 Å².